The van der Waals surface area contributed by atoms with Gasteiger partial charge in [0.1, 0.15) is 18.6 Å². The van der Waals surface area contributed by atoms with Gasteiger partial charge in [-0.3, -0.25) is 9.59 Å². The van der Waals surface area contributed by atoms with Gasteiger partial charge in [-0.1, -0.05) is 33.6 Å². The van der Waals surface area contributed by atoms with Crippen LogP contribution in [0.3, 0.4) is 0 Å². The largest absolute Gasteiger partial charge is 0.344 e. The lowest BCUT2D eigenvalue weighted by Crippen LogP contribution is -2.55. The molecule has 6 nitrogen and oxygen atoms in total. The zero-order valence-electron chi connectivity index (χ0n) is 15.8. The topological polar surface area (TPSA) is 83.6 Å². The number of hydrogen-bond donors (Lipinski definition) is 1. The fraction of sp³-hybridized carbons (Fsp3) is 0.789. The van der Waals surface area contributed by atoms with E-state index in [0.717, 1.165) is 44.7 Å². The van der Waals surface area contributed by atoms with Gasteiger partial charge < -0.3 is 19.8 Å². The molecule has 1 N–H and O–H groups in total. The molecule has 0 bridgehead atoms. The second kappa shape index (κ2) is 10.3. The van der Waals surface area contributed by atoms with Crippen LogP contribution >= 0.6 is 0 Å². The van der Waals surface area contributed by atoms with Gasteiger partial charge in [0.15, 0.2) is 0 Å². The monoisotopic (exact) mass is 352 g/mol. The summed E-state index contributed by atoms with van der Waals surface area (Å²) >= 11 is 0. The van der Waals surface area contributed by atoms with Crippen molar-refractivity contribution < 1.29 is 19.2 Å². The maximum Gasteiger partial charge on any atom is 0.246 e. The average Bonchev–Trinajstić information content (AvgIpc) is 3.03. The minimum absolute atomic E-state index is 0.134. The Labute approximate surface area is 150 Å². The summed E-state index contributed by atoms with van der Waals surface area (Å²) < 4.78 is 0. The van der Waals surface area contributed by atoms with E-state index in [4.69, 9.17) is 0 Å². The Morgan fingerprint density at radius 3 is 2.44 bits per heavy atom. The molecule has 1 fully saturated rings. The molecule has 1 saturated heterocycles. The van der Waals surface area contributed by atoms with E-state index in [-0.39, 0.29) is 17.9 Å². The zero-order valence-corrected chi connectivity index (χ0v) is 15.8. The van der Waals surface area contributed by atoms with Gasteiger partial charge >= 0.3 is 0 Å². The molecule has 2 amide bonds. The van der Waals surface area contributed by atoms with Crippen LogP contribution in [0.1, 0.15) is 72.1 Å². The molecule has 1 rings (SSSR count). The Bertz CT molecular complexity index is 471. The fourth-order valence-corrected chi connectivity index (χ4v) is 3.12. The van der Waals surface area contributed by atoms with Crippen molar-refractivity contribution in [3.63, 3.8) is 0 Å². The van der Waals surface area contributed by atoms with Gasteiger partial charge in [-0.2, -0.15) is 0 Å². The zero-order chi connectivity index (χ0) is 18.9. The molecule has 0 saturated carbocycles. The molecule has 6 heteroatoms. The van der Waals surface area contributed by atoms with Gasteiger partial charge in [-0.25, -0.2) is 0 Å². The maximum absolute atomic E-state index is 12.9. The van der Waals surface area contributed by atoms with Crippen molar-refractivity contribution >= 4 is 24.4 Å². The summed E-state index contributed by atoms with van der Waals surface area (Å²) in [7, 11) is 0. The van der Waals surface area contributed by atoms with E-state index in [0.29, 0.717) is 25.8 Å². The quantitative estimate of drug-likeness (QED) is 0.483. The van der Waals surface area contributed by atoms with Crippen LogP contribution < -0.4 is 5.32 Å². The van der Waals surface area contributed by atoms with Crippen LogP contribution in [0.15, 0.2) is 0 Å². The number of likely N-dealkylation sites (tertiary alicyclic amines) is 1. The molecule has 0 aromatic carbocycles. The number of nitrogens with zero attached hydrogens (tertiary/aromatic N) is 1. The first-order chi connectivity index (χ1) is 11.8. The Morgan fingerprint density at radius 1 is 1.16 bits per heavy atom. The molecule has 25 heavy (non-hydrogen) atoms. The van der Waals surface area contributed by atoms with Crippen LogP contribution in [0.4, 0.5) is 0 Å². The van der Waals surface area contributed by atoms with Crippen molar-refractivity contribution in [3.8, 4) is 0 Å². The molecule has 1 heterocycles. The Hall–Kier alpha value is -1.72. The van der Waals surface area contributed by atoms with Crippen molar-refractivity contribution in [2.45, 2.75) is 84.2 Å². The maximum atomic E-state index is 12.9. The van der Waals surface area contributed by atoms with Crippen LogP contribution in [-0.2, 0) is 19.2 Å². The van der Waals surface area contributed by atoms with Gasteiger partial charge in [0.05, 0.1) is 6.04 Å². The van der Waals surface area contributed by atoms with Crippen molar-refractivity contribution in [1.29, 1.82) is 0 Å². The van der Waals surface area contributed by atoms with Gasteiger partial charge in [0.25, 0.3) is 0 Å². The summed E-state index contributed by atoms with van der Waals surface area (Å²) in [5.41, 5.74) is -0.424. The molecule has 1 aliphatic heterocycles. The fourth-order valence-electron chi connectivity index (χ4n) is 3.12. The average molecular weight is 352 g/mol. The van der Waals surface area contributed by atoms with Crippen molar-refractivity contribution in [1.82, 2.24) is 10.2 Å². The van der Waals surface area contributed by atoms with E-state index >= 15 is 0 Å². The molecule has 142 valence electrons. The molecular weight excluding hydrogens is 320 g/mol. The van der Waals surface area contributed by atoms with Crippen LogP contribution in [0.2, 0.25) is 0 Å². The van der Waals surface area contributed by atoms with Gasteiger partial charge in [0.2, 0.25) is 11.8 Å². The number of rotatable bonds is 10. The first kappa shape index (κ1) is 21.3. The lowest BCUT2D eigenvalue weighted by Gasteiger charge is -2.34. The van der Waals surface area contributed by atoms with Crippen LogP contribution in [0.5, 0.6) is 0 Å². The lowest BCUT2D eigenvalue weighted by molar-refractivity contribution is -0.141. The third kappa shape index (κ3) is 6.96. The third-order valence-corrected chi connectivity index (χ3v) is 4.63. The molecule has 0 radical (unpaired) electrons. The summed E-state index contributed by atoms with van der Waals surface area (Å²) in [4.78, 5) is 48.1. The Balaban J connectivity index is 2.55. The molecule has 0 aromatic rings. The molecule has 1 aliphatic rings. The van der Waals surface area contributed by atoms with Gasteiger partial charge in [-0.05, 0) is 31.1 Å². The minimum atomic E-state index is -0.629. The first-order valence-corrected chi connectivity index (χ1v) is 9.30. The molecule has 0 aliphatic carbocycles. The predicted octanol–water partition coefficient (Wildman–Crippen LogP) is 2.25. The number of hydrogen-bond acceptors (Lipinski definition) is 4. The number of nitrogens with one attached hydrogen (secondary N) is 1. The highest BCUT2D eigenvalue weighted by Gasteiger charge is 2.39. The molecular formula is C19H32N2O4. The third-order valence-electron chi connectivity index (χ3n) is 4.63. The first-order valence-electron chi connectivity index (χ1n) is 9.30. The van der Waals surface area contributed by atoms with Crippen LogP contribution in [0.25, 0.3) is 0 Å². The summed E-state index contributed by atoms with van der Waals surface area (Å²) in [5, 5.41) is 2.88. The van der Waals surface area contributed by atoms with Gasteiger partial charge in [0, 0.05) is 19.4 Å². The predicted molar refractivity (Wildman–Crippen MR) is 96.0 cm³/mol. The van der Waals surface area contributed by atoms with Crippen LogP contribution in [0, 0.1) is 5.41 Å². The smallest absolute Gasteiger partial charge is 0.246 e. The van der Waals surface area contributed by atoms with E-state index in [9.17, 15) is 19.2 Å². The second-order valence-corrected chi connectivity index (χ2v) is 7.86. The summed E-state index contributed by atoms with van der Waals surface area (Å²) in [6.07, 6.45) is 7.63. The highest BCUT2D eigenvalue weighted by atomic mass is 16.2. The molecule has 2 atom stereocenters. The summed E-state index contributed by atoms with van der Waals surface area (Å²) in [5.74, 6) is -0.299. The van der Waals surface area contributed by atoms with E-state index in [1.165, 1.54) is 0 Å². The summed E-state index contributed by atoms with van der Waals surface area (Å²) in [6, 6.07) is -0.998. The number of carbonyl (C=O) groups is 4. The van der Waals surface area contributed by atoms with Crippen LogP contribution in [-0.4, -0.2) is 47.9 Å². The lowest BCUT2D eigenvalue weighted by atomic mass is 9.85. The normalized spacial score (nSPS) is 18.7. The van der Waals surface area contributed by atoms with E-state index < -0.39 is 11.5 Å². The van der Waals surface area contributed by atoms with Crippen molar-refractivity contribution in [2.75, 3.05) is 6.54 Å². The van der Waals surface area contributed by atoms with E-state index in [2.05, 4.69) is 5.32 Å². The summed E-state index contributed by atoms with van der Waals surface area (Å²) in [6.45, 7) is 6.32. The van der Waals surface area contributed by atoms with Crippen molar-refractivity contribution in [2.24, 2.45) is 5.41 Å². The Kier molecular flexibility index (Phi) is 8.79. The van der Waals surface area contributed by atoms with Crippen molar-refractivity contribution in [3.05, 3.63) is 0 Å². The number of amides is 2. The number of unbranched alkanes of at least 4 members (excludes halogenated alkanes) is 4. The SMILES string of the molecule is CC(C)(C)C(NC(=O)CCCCCCC=O)C(=O)N1CCCC1C=O. The van der Waals surface area contributed by atoms with Gasteiger partial charge in [-0.15, -0.1) is 0 Å². The van der Waals surface area contributed by atoms with E-state index in [1.54, 1.807) is 4.90 Å². The Morgan fingerprint density at radius 2 is 1.84 bits per heavy atom. The number of carbonyl (C=O) groups excluding carboxylic acids is 4. The van der Waals surface area contributed by atoms with E-state index in [1.807, 2.05) is 20.8 Å². The highest BCUT2D eigenvalue weighted by molar-refractivity contribution is 5.90. The standard InChI is InChI=1S/C19H32N2O4/c1-19(2,3)17(18(25)21-12-9-10-15(21)14-23)20-16(24)11-7-5-4-6-8-13-22/h13-15,17H,4-12H2,1-3H3,(H,20,24). The highest BCUT2D eigenvalue weighted by Crippen LogP contribution is 2.25. The molecule has 2 unspecified atom stereocenters. The molecule has 0 aromatic heterocycles. The minimum Gasteiger partial charge on any atom is -0.344 e. The second-order valence-electron chi connectivity index (χ2n) is 7.86. The number of aldehydes is 2. The molecule has 0 spiro atoms.